The first-order chi connectivity index (χ1) is 8.68. The number of nitrogens with zero attached hydrogens (tertiary/aromatic N) is 1. The van der Waals surface area contributed by atoms with Crippen molar-refractivity contribution in [2.45, 2.75) is 30.8 Å². The summed E-state index contributed by atoms with van der Waals surface area (Å²) >= 11 is 0. The molecule has 1 atom stereocenters. The highest BCUT2D eigenvalue weighted by Gasteiger charge is 2.22. The van der Waals surface area contributed by atoms with Gasteiger partial charge in [-0.05, 0) is 25.5 Å². The molecule has 0 saturated carbocycles. The zero-order chi connectivity index (χ0) is 14.7. The Morgan fingerprint density at radius 3 is 2.32 bits per heavy atom. The molecule has 106 valence electrons. The van der Waals surface area contributed by atoms with Gasteiger partial charge < -0.3 is 5.11 Å². The second-order valence-electron chi connectivity index (χ2n) is 4.43. The number of hydrogen-bond acceptors (Lipinski definition) is 5. The van der Waals surface area contributed by atoms with Crippen LogP contribution in [-0.2, 0) is 10.0 Å². The first kappa shape index (κ1) is 15.5. The van der Waals surface area contributed by atoms with Crippen LogP contribution in [0.1, 0.15) is 20.3 Å². The lowest BCUT2D eigenvalue weighted by Gasteiger charge is -2.21. The molecule has 8 heteroatoms. The molecule has 0 aliphatic carbocycles. The molecule has 1 aromatic rings. The molecule has 1 rings (SSSR count). The summed E-state index contributed by atoms with van der Waals surface area (Å²) in [5.41, 5.74) is -1.31. The summed E-state index contributed by atoms with van der Waals surface area (Å²) in [6, 6.07) is 4.54. The summed E-state index contributed by atoms with van der Waals surface area (Å²) in [5.74, 6) is 0. The fourth-order valence-electron chi connectivity index (χ4n) is 1.21. The third-order valence-corrected chi connectivity index (χ3v) is 4.18. The van der Waals surface area contributed by atoms with Crippen molar-refractivity contribution in [3.8, 4) is 0 Å². The minimum absolute atomic E-state index is 0.0787. The van der Waals surface area contributed by atoms with E-state index in [9.17, 15) is 23.6 Å². The number of nitrogens with one attached hydrogen (secondary N) is 1. The second kappa shape index (κ2) is 5.64. The lowest BCUT2D eigenvalue weighted by molar-refractivity contribution is -0.384. The van der Waals surface area contributed by atoms with E-state index < -0.39 is 20.5 Å². The Balaban J connectivity index is 2.86. The highest BCUT2D eigenvalue weighted by molar-refractivity contribution is 7.89. The molecule has 0 aliphatic rings. The number of aliphatic hydroxyl groups is 1. The van der Waals surface area contributed by atoms with E-state index in [2.05, 4.69) is 4.72 Å². The van der Waals surface area contributed by atoms with Gasteiger partial charge >= 0.3 is 0 Å². The molecule has 0 aromatic heterocycles. The number of hydrogen-bond donors (Lipinski definition) is 2. The van der Waals surface area contributed by atoms with Crippen molar-refractivity contribution < 1.29 is 18.4 Å². The van der Waals surface area contributed by atoms with Gasteiger partial charge in [0.2, 0.25) is 10.0 Å². The highest BCUT2D eigenvalue weighted by atomic mass is 32.2. The van der Waals surface area contributed by atoms with E-state index in [0.717, 1.165) is 24.3 Å². The minimum Gasteiger partial charge on any atom is -0.389 e. The van der Waals surface area contributed by atoms with E-state index in [0.29, 0.717) is 6.42 Å². The summed E-state index contributed by atoms with van der Waals surface area (Å²) < 4.78 is 26.0. The Kier molecular flexibility index (Phi) is 4.61. The van der Waals surface area contributed by atoms with Gasteiger partial charge in [0.15, 0.2) is 0 Å². The van der Waals surface area contributed by atoms with Gasteiger partial charge in [-0.2, -0.15) is 0 Å². The lowest BCUT2D eigenvalue weighted by Crippen LogP contribution is -2.40. The van der Waals surface area contributed by atoms with Crippen LogP contribution >= 0.6 is 0 Å². The minimum atomic E-state index is -3.78. The average molecular weight is 288 g/mol. The van der Waals surface area contributed by atoms with Crippen LogP contribution in [0.2, 0.25) is 0 Å². The molecular formula is C11H16N2O5S. The number of nitro groups is 1. The maximum absolute atomic E-state index is 11.9. The van der Waals surface area contributed by atoms with E-state index in [-0.39, 0.29) is 17.1 Å². The summed E-state index contributed by atoms with van der Waals surface area (Å²) in [7, 11) is -3.78. The van der Waals surface area contributed by atoms with Gasteiger partial charge in [0.05, 0.1) is 15.4 Å². The molecule has 0 heterocycles. The monoisotopic (exact) mass is 288 g/mol. The molecule has 2 N–H and O–H groups in total. The molecule has 1 aromatic carbocycles. The summed E-state index contributed by atoms with van der Waals surface area (Å²) in [6.45, 7) is 3.13. The quantitative estimate of drug-likeness (QED) is 0.600. The standard InChI is InChI=1S/C11H16N2O5S/c1-3-11(2,14)8-12-19(17,18)10-6-4-9(5-7-10)13(15)16/h4-7,12,14H,3,8H2,1-2H3. The van der Waals surface area contributed by atoms with Crippen LogP contribution in [0.25, 0.3) is 0 Å². The van der Waals surface area contributed by atoms with E-state index >= 15 is 0 Å². The Bertz CT molecular complexity index is 551. The van der Waals surface area contributed by atoms with Crippen molar-refractivity contribution in [3.05, 3.63) is 34.4 Å². The average Bonchev–Trinajstić information content (AvgIpc) is 2.37. The fraction of sp³-hybridized carbons (Fsp3) is 0.455. The van der Waals surface area contributed by atoms with Crippen molar-refractivity contribution in [1.82, 2.24) is 4.72 Å². The Morgan fingerprint density at radius 1 is 1.37 bits per heavy atom. The molecule has 0 radical (unpaired) electrons. The normalized spacial score (nSPS) is 14.9. The van der Waals surface area contributed by atoms with Crippen molar-refractivity contribution >= 4 is 15.7 Å². The zero-order valence-corrected chi connectivity index (χ0v) is 11.5. The highest BCUT2D eigenvalue weighted by Crippen LogP contribution is 2.16. The molecule has 19 heavy (non-hydrogen) atoms. The molecule has 0 saturated heterocycles. The molecule has 1 unspecified atom stereocenters. The molecular weight excluding hydrogens is 272 g/mol. The first-order valence-electron chi connectivity index (χ1n) is 5.64. The zero-order valence-electron chi connectivity index (χ0n) is 10.7. The molecule has 0 bridgehead atoms. The molecule has 0 amide bonds. The molecule has 0 fully saturated rings. The number of non-ortho nitro benzene ring substituents is 1. The van der Waals surface area contributed by atoms with Crippen molar-refractivity contribution in [2.24, 2.45) is 0 Å². The van der Waals surface area contributed by atoms with E-state index in [1.807, 2.05) is 0 Å². The topological polar surface area (TPSA) is 110 Å². The van der Waals surface area contributed by atoms with Crippen LogP contribution in [0.4, 0.5) is 5.69 Å². The van der Waals surface area contributed by atoms with Gasteiger partial charge in [-0.3, -0.25) is 10.1 Å². The predicted molar refractivity (Wildman–Crippen MR) is 69.2 cm³/mol. The van der Waals surface area contributed by atoms with E-state index in [4.69, 9.17) is 0 Å². The maximum Gasteiger partial charge on any atom is 0.269 e. The summed E-state index contributed by atoms with van der Waals surface area (Å²) in [4.78, 5) is 9.78. The smallest absolute Gasteiger partial charge is 0.269 e. The Labute approximate surface area is 111 Å². The summed E-state index contributed by atoms with van der Waals surface area (Å²) in [6.07, 6.45) is 0.399. The number of sulfonamides is 1. The van der Waals surface area contributed by atoms with Crippen LogP contribution in [0.5, 0.6) is 0 Å². The molecule has 0 spiro atoms. The second-order valence-corrected chi connectivity index (χ2v) is 6.19. The van der Waals surface area contributed by atoms with Crippen LogP contribution in [0.3, 0.4) is 0 Å². The molecule has 0 aliphatic heterocycles. The van der Waals surface area contributed by atoms with Crippen LogP contribution in [0, 0.1) is 10.1 Å². The van der Waals surface area contributed by atoms with Gasteiger partial charge in [0, 0.05) is 18.7 Å². The van der Waals surface area contributed by atoms with Gasteiger partial charge in [-0.1, -0.05) is 6.92 Å². The number of benzene rings is 1. The Hall–Kier alpha value is -1.51. The first-order valence-corrected chi connectivity index (χ1v) is 7.13. The van der Waals surface area contributed by atoms with Crippen molar-refractivity contribution in [1.29, 1.82) is 0 Å². The number of rotatable bonds is 6. The van der Waals surface area contributed by atoms with Crippen LogP contribution in [0.15, 0.2) is 29.2 Å². The van der Waals surface area contributed by atoms with E-state index in [1.165, 1.54) is 6.92 Å². The predicted octanol–water partition coefficient (Wildman–Crippen LogP) is 1.03. The van der Waals surface area contributed by atoms with Crippen LogP contribution < -0.4 is 4.72 Å². The lowest BCUT2D eigenvalue weighted by atomic mass is 10.1. The van der Waals surface area contributed by atoms with Crippen LogP contribution in [-0.4, -0.2) is 30.6 Å². The van der Waals surface area contributed by atoms with E-state index in [1.54, 1.807) is 6.92 Å². The SMILES string of the molecule is CCC(C)(O)CNS(=O)(=O)c1ccc([N+](=O)[O-])cc1. The maximum atomic E-state index is 11.9. The fourth-order valence-corrected chi connectivity index (χ4v) is 2.37. The third-order valence-electron chi connectivity index (χ3n) is 2.76. The Morgan fingerprint density at radius 2 is 1.89 bits per heavy atom. The van der Waals surface area contributed by atoms with Gasteiger partial charge in [0.1, 0.15) is 0 Å². The third kappa shape index (κ3) is 4.27. The summed E-state index contributed by atoms with van der Waals surface area (Å²) in [5, 5.41) is 20.2. The largest absolute Gasteiger partial charge is 0.389 e. The molecule has 7 nitrogen and oxygen atoms in total. The van der Waals surface area contributed by atoms with Crippen molar-refractivity contribution in [3.63, 3.8) is 0 Å². The van der Waals surface area contributed by atoms with Gasteiger partial charge in [0.25, 0.3) is 5.69 Å². The van der Waals surface area contributed by atoms with Gasteiger partial charge in [-0.25, -0.2) is 13.1 Å². The van der Waals surface area contributed by atoms with Crippen molar-refractivity contribution in [2.75, 3.05) is 6.54 Å². The number of nitro benzene ring substituents is 1. The van der Waals surface area contributed by atoms with Gasteiger partial charge in [-0.15, -0.1) is 0 Å².